The fourth-order valence-corrected chi connectivity index (χ4v) is 3.34. The van der Waals surface area contributed by atoms with Crippen LogP contribution >= 0.6 is 0 Å². The van der Waals surface area contributed by atoms with Gasteiger partial charge in [0.2, 0.25) is 5.91 Å². The molecular weight excluding hydrogens is 306 g/mol. The monoisotopic (exact) mass is 329 g/mol. The maximum atomic E-state index is 12.3. The zero-order valence-corrected chi connectivity index (χ0v) is 13.6. The third kappa shape index (κ3) is 3.62. The van der Waals surface area contributed by atoms with Crippen molar-refractivity contribution in [3.05, 3.63) is 34.6 Å². The number of rotatable bonds is 5. The molecule has 0 aliphatic heterocycles. The van der Waals surface area contributed by atoms with Crippen LogP contribution < -0.4 is 16.6 Å². The Morgan fingerprint density at radius 3 is 2.92 bits per heavy atom. The third-order valence-corrected chi connectivity index (χ3v) is 4.74. The van der Waals surface area contributed by atoms with Crippen molar-refractivity contribution >= 4 is 16.8 Å². The first-order chi connectivity index (χ1) is 11.7. The van der Waals surface area contributed by atoms with Crippen molar-refractivity contribution in [1.82, 2.24) is 20.3 Å². The number of carbonyl (C=O) groups excluding carboxylic acids is 1. The smallest absolute Gasteiger partial charge is 0.277 e. The standard InChI is InChI=1S/C17H23N5O2/c18-11-12-5-1-3-7-14(12)19-16(23)9-10-22-17(24)13-6-2-4-8-15(13)20-21-22/h2,4,6,8,12,14H,1,3,5,7,9-11,18H2,(H,19,23). The van der Waals surface area contributed by atoms with Crippen LogP contribution in [-0.2, 0) is 11.3 Å². The molecule has 1 aromatic carbocycles. The van der Waals surface area contributed by atoms with Crippen LogP contribution in [-0.4, -0.2) is 33.5 Å². The van der Waals surface area contributed by atoms with Crippen molar-refractivity contribution in [3.63, 3.8) is 0 Å². The molecule has 128 valence electrons. The second-order valence-corrected chi connectivity index (χ2v) is 6.34. The third-order valence-electron chi connectivity index (χ3n) is 4.74. The Kier molecular flexibility index (Phi) is 5.20. The average molecular weight is 329 g/mol. The summed E-state index contributed by atoms with van der Waals surface area (Å²) in [6, 6.07) is 7.22. The summed E-state index contributed by atoms with van der Waals surface area (Å²) in [5, 5.41) is 11.5. The molecule has 1 heterocycles. The predicted octanol–water partition coefficient (Wildman–Crippen LogP) is 0.815. The van der Waals surface area contributed by atoms with Gasteiger partial charge in [-0.15, -0.1) is 5.10 Å². The first-order valence-corrected chi connectivity index (χ1v) is 8.51. The van der Waals surface area contributed by atoms with E-state index in [0.29, 0.717) is 23.4 Å². The molecule has 0 saturated heterocycles. The zero-order chi connectivity index (χ0) is 16.9. The summed E-state index contributed by atoms with van der Waals surface area (Å²) in [6.07, 6.45) is 4.55. The van der Waals surface area contributed by atoms with Gasteiger partial charge in [0, 0.05) is 12.5 Å². The van der Waals surface area contributed by atoms with Crippen LogP contribution in [0.2, 0.25) is 0 Å². The summed E-state index contributed by atoms with van der Waals surface area (Å²) < 4.78 is 1.25. The summed E-state index contributed by atoms with van der Waals surface area (Å²) >= 11 is 0. The lowest BCUT2D eigenvalue weighted by atomic mass is 9.84. The Morgan fingerprint density at radius 2 is 2.08 bits per heavy atom. The fraction of sp³-hybridized carbons (Fsp3) is 0.529. The molecule has 24 heavy (non-hydrogen) atoms. The molecule has 7 nitrogen and oxygen atoms in total. The number of carbonyl (C=O) groups is 1. The molecule has 3 N–H and O–H groups in total. The van der Waals surface area contributed by atoms with Gasteiger partial charge < -0.3 is 11.1 Å². The van der Waals surface area contributed by atoms with E-state index in [2.05, 4.69) is 15.6 Å². The van der Waals surface area contributed by atoms with Crippen molar-refractivity contribution in [2.45, 2.75) is 44.7 Å². The van der Waals surface area contributed by atoms with Gasteiger partial charge in [0.25, 0.3) is 5.56 Å². The topological polar surface area (TPSA) is 103 Å². The SMILES string of the molecule is NCC1CCCCC1NC(=O)CCn1nnc2ccccc2c1=O. The molecule has 0 spiro atoms. The Morgan fingerprint density at radius 1 is 1.29 bits per heavy atom. The summed E-state index contributed by atoms with van der Waals surface area (Å²) in [7, 11) is 0. The van der Waals surface area contributed by atoms with E-state index in [4.69, 9.17) is 5.73 Å². The van der Waals surface area contributed by atoms with Crippen molar-refractivity contribution in [3.8, 4) is 0 Å². The van der Waals surface area contributed by atoms with Gasteiger partial charge in [-0.3, -0.25) is 9.59 Å². The molecule has 2 unspecified atom stereocenters. The minimum Gasteiger partial charge on any atom is -0.353 e. The van der Waals surface area contributed by atoms with Crippen molar-refractivity contribution < 1.29 is 4.79 Å². The van der Waals surface area contributed by atoms with Crippen LogP contribution in [0.1, 0.15) is 32.1 Å². The summed E-state index contributed by atoms with van der Waals surface area (Å²) in [6.45, 7) is 0.822. The highest BCUT2D eigenvalue weighted by molar-refractivity contribution is 5.77. The Bertz CT molecular complexity index is 773. The summed E-state index contributed by atoms with van der Waals surface area (Å²) in [4.78, 5) is 24.5. The largest absolute Gasteiger partial charge is 0.353 e. The van der Waals surface area contributed by atoms with Crippen LogP contribution in [0.25, 0.3) is 10.9 Å². The van der Waals surface area contributed by atoms with Gasteiger partial charge in [-0.2, -0.15) is 0 Å². The number of hydrogen-bond donors (Lipinski definition) is 2. The summed E-state index contributed by atoms with van der Waals surface area (Å²) in [5.74, 6) is 0.285. The molecule has 1 saturated carbocycles. The van der Waals surface area contributed by atoms with E-state index < -0.39 is 0 Å². The highest BCUT2D eigenvalue weighted by atomic mass is 16.2. The van der Waals surface area contributed by atoms with E-state index in [1.807, 2.05) is 6.07 Å². The van der Waals surface area contributed by atoms with Gasteiger partial charge in [0.15, 0.2) is 0 Å². The lowest BCUT2D eigenvalue weighted by Crippen LogP contribution is -2.45. The fourth-order valence-electron chi connectivity index (χ4n) is 3.34. The number of aryl methyl sites for hydroxylation is 1. The molecule has 0 radical (unpaired) electrons. The van der Waals surface area contributed by atoms with Gasteiger partial charge in [-0.1, -0.05) is 30.2 Å². The second kappa shape index (κ2) is 7.53. The van der Waals surface area contributed by atoms with Gasteiger partial charge in [-0.25, -0.2) is 4.68 Å². The lowest BCUT2D eigenvalue weighted by molar-refractivity contribution is -0.122. The maximum absolute atomic E-state index is 12.3. The predicted molar refractivity (Wildman–Crippen MR) is 91.4 cm³/mol. The van der Waals surface area contributed by atoms with Crippen molar-refractivity contribution in [1.29, 1.82) is 0 Å². The molecule has 1 aliphatic carbocycles. The number of aromatic nitrogens is 3. The van der Waals surface area contributed by atoms with Crippen LogP contribution in [0.4, 0.5) is 0 Å². The van der Waals surface area contributed by atoms with Gasteiger partial charge in [0.1, 0.15) is 5.52 Å². The number of fused-ring (bicyclic) bond motifs is 1. The van der Waals surface area contributed by atoms with Gasteiger partial charge in [0.05, 0.1) is 11.9 Å². The number of nitrogens with one attached hydrogen (secondary N) is 1. The Balaban J connectivity index is 1.62. The Labute approximate surface area is 140 Å². The van der Waals surface area contributed by atoms with E-state index in [1.165, 1.54) is 11.1 Å². The number of hydrogen-bond acceptors (Lipinski definition) is 5. The van der Waals surface area contributed by atoms with E-state index in [-0.39, 0.29) is 30.5 Å². The van der Waals surface area contributed by atoms with Crippen LogP contribution in [0.15, 0.2) is 29.1 Å². The van der Waals surface area contributed by atoms with E-state index in [0.717, 1.165) is 19.3 Å². The lowest BCUT2D eigenvalue weighted by Gasteiger charge is -2.31. The van der Waals surface area contributed by atoms with Gasteiger partial charge in [-0.05, 0) is 37.4 Å². The minimum absolute atomic E-state index is 0.0674. The molecule has 3 rings (SSSR count). The highest BCUT2D eigenvalue weighted by Crippen LogP contribution is 2.23. The van der Waals surface area contributed by atoms with Crippen LogP contribution in [0.3, 0.4) is 0 Å². The number of nitrogens with two attached hydrogens (primary N) is 1. The highest BCUT2D eigenvalue weighted by Gasteiger charge is 2.25. The maximum Gasteiger partial charge on any atom is 0.277 e. The molecule has 2 aromatic rings. The molecule has 7 heteroatoms. The first kappa shape index (κ1) is 16.6. The van der Waals surface area contributed by atoms with E-state index in [9.17, 15) is 9.59 Å². The molecule has 1 aliphatic rings. The van der Waals surface area contributed by atoms with Gasteiger partial charge >= 0.3 is 0 Å². The van der Waals surface area contributed by atoms with E-state index >= 15 is 0 Å². The first-order valence-electron chi connectivity index (χ1n) is 8.51. The van der Waals surface area contributed by atoms with E-state index in [1.54, 1.807) is 18.2 Å². The number of nitrogens with zero attached hydrogens (tertiary/aromatic N) is 3. The number of benzene rings is 1. The van der Waals surface area contributed by atoms with Crippen LogP contribution in [0.5, 0.6) is 0 Å². The van der Waals surface area contributed by atoms with Crippen molar-refractivity contribution in [2.24, 2.45) is 11.7 Å². The minimum atomic E-state index is -0.217. The molecule has 1 fully saturated rings. The average Bonchev–Trinajstić information content (AvgIpc) is 2.62. The zero-order valence-electron chi connectivity index (χ0n) is 13.6. The molecule has 2 atom stereocenters. The molecule has 1 aromatic heterocycles. The molecular formula is C17H23N5O2. The van der Waals surface area contributed by atoms with Crippen LogP contribution in [0, 0.1) is 5.92 Å². The molecule has 1 amide bonds. The summed E-state index contributed by atoms with van der Waals surface area (Å²) in [5.41, 5.74) is 6.14. The number of amides is 1. The quantitative estimate of drug-likeness (QED) is 0.845. The normalized spacial score (nSPS) is 20.9. The molecule has 0 bridgehead atoms. The second-order valence-electron chi connectivity index (χ2n) is 6.34. The van der Waals surface area contributed by atoms with Crippen molar-refractivity contribution in [2.75, 3.05) is 6.54 Å². The Hall–Kier alpha value is -2.28.